The summed E-state index contributed by atoms with van der Waals surface area (Å²) in [6.45, 7) is 4.21. The highest BCUT2D eigenvalue weighted by molar-refractivity contribution is 6.35. The van der Waals surface area contributed by atoms with Crippen LogP contribution in [0.3, 0.4) is 0 Å². The lowest BCUT2D eigenvalue weighted by molar-refractivity contribution is -0.120. The summed E-state index contributed by atoms with van der Waals surface area (Å²) in [5.74, 6) is -0.216. The third kappa shape index (κ3) is 8.18. The van der Waals surface area contributed by atoms with E-state index >= 15 is 0 Å². The molecule has 1 aromatic heterocycles. The topological polar surface area (TPSA) is 115 Å². The van der Waals surface area contributed by atoms with Crippen LogP contribution < -0.4 is 10.6 Å². The fourth-order valence-corrected chi connectivity index (χ4v) is 4.29. The van der Waals surface area contributed by atoms with E-state index in [0.717, 1.165) is 16.7 Å². The number of halogens is 2. The van der Waals surface area contributed by atoms with E-state index in [1.165, 1.54) is 12.1 Å². The lowest BCUT2D eigenvalue weighted by atomic mass is 9.93. The van der Waals surface area contributed by atoms with Crippen molar-refractivity contribution in [3.05, 3.63) is 92.7 Å². The van der Waals surface area contributed by atoms with Gasteiger partial charge in [-0.2, -0.15) is 0 Å². The number of pyridine rings is 1. The molecule has 0 spiro atoms. The van der Waals surface area contributed by atoms with Crippen molar-refractivity contribution in [1.29, 1.82) is 0 Å². The number of nitrogens with zero attached hydrogens (tertiary/aromatic N) is 1. The molecule has 1 heterocycles. The van der Waals surface area contributed by atoms with Crippen LogP contribution in [-0.4, -0.2) is 38.3 Å². The third-order valence-corrected chi connectivity index (χ3v) is 6.32. The molecule has 1 unspecified atom stereocenters. The molecule has 3 rings (SSSR count). The SMILES string of the molecule is CC(C)(Cc1cccc(CC(=O)NCc2ccc(Cl)cc2Cl)c1)NCC(O)c1ccc(O)c(CO)n1. The maximum atomic E-state index is 12.5. The van der Waals surface area contributed by atoms with E-state index in [1.807, 2.05) is 38.1 Å². The second-order valence-electron chi connectivity index (χ2n) is 9.33. The van der Waals surface area contributed by atoms with Crippen molar-refractivity contribution in [2.24, 2.45) is 0 Å². The molecular formula is C27H31Cl2N3O4. The summed E-state index contributed by atoms with van der Waals surface area (Å²) in [6, 6.07) is 16.0. The molecule has 0 radical (unpaired) electrons. The van der Waals surface area contributed by atoms with Gasteiger partial charge in [-0.1, -0.05) is 53.5 Å². The number of aliphatic hydroxyl groups excluding tert-OH is 2. The molecule has 0 bridgehead atoms. The minimum absolute atomic E-state index is 0.107. The number of aromatic nitrogens is 1. The highest BCUT2D eigenvalue weighted by atomic mass is 35.5. The minimum atomic E-state index is -0.903. The van der Waals surface area contributed by atoms with Gasteiger partial charge in [0.25, 0.3) is 0 Å². The van der Waals surface area contributed by atoms with Gasteiger partial charge in [0.05, 0.1) is 18.7 Å². The highest BCUT2D eigenvalue weighted by Gasteiger charge is 2.21. The van der Waals surface area contributed by atoms with Crippen molar-refractivity contribution in [3.63, 3.8) is 0 Å². The first-order valence-corrected chi connectivity index (χ1v) is 12.3. The molecule has 3 aromatic rings. The number of hydrogen-bond donors (Lipinski definition) is 5. The Bertz CT molecular complexity index is 1200. The smallest absolute Gasteiger partial charge is 0.224 e. The summed E-state index contributed by atoms with van der Waals surface area (Å²) in [4.78, 5) is 16.6. The molecule has 0 fully saturated rings. The zero-order valence-corrected chi connectivity index (χ0v) is 21.8. The van der Waals surface area contributed by atoms with Gasteiger partial charge in [0, 0.05) is 28.7 Å². The first kappa shape index (κ1) is 27.9. The van der Waals surface area contributed by atoms with E-state index in [0.29, 0.717) is 28.7 Å². The van der Waals surface area contributed by atoms with Gasteiger partial charge in [0.2, 0.25) is 5.91 Å². The van der Waals surface area contributed by atoms with Crippen molar-refractivity contribution < 1.29 is 20.1 Å². The number of aliphatic hydroxyl groups is 2. The van der Waals surface area contributed by atoms with Gasteiger partial charge < -0.3 is 26.0 Å². The van der Waals surface area contributed by atoms with Crippen LogP contribution in [0.15, 0.2) is 54.6 Å². The van der Waals surface area contributed by atoms with Gasteiger partial charge in [0.1, 0.15) is 17.5 Å². The minimum Gasteiger partial charge on any atom is -0.506 e. The molecule has 2 aromatic carbocycles. The average molecular weight is 532 g/mol. The number of carbonyl (C=O) groups excluding carboxylic acids is 1. The Balaban J connectivity index is 1.53. The largest absolute Gasteiger partial charge is 0.506 e. The Hall–Kier alpha value is -2.68. The number of amides is 1. The van der Waals surface area contributed by atoms with Crippen molar-refractivity contribution in [2.45, 2.75) is 51.5 Å². The number of carbonyl (C=O) groups is 1. The highest BCUT2D eigenvalue weighted by Crippen LogP contribution is 2.22. The monoisotopic (exact) mass is 531 g/mol. The maximum absolute atomic E-state index is 12.5. The molecule has 0 saturated carbocycles. The normalized spacial score (nSPS) is 12.4. The fraction of sp³-hybridized carbons (Fsp3) is 0.333. The Morgan fingerprint density at radius 1 is 1.08 bits per heavy atom. The molecule has 1 amide bonds. The maximum Gasteiger partial charge on any atom is 0.224 e. The molecule has 192 valence electrons. The van der Waals surface area contributed by atoms with Gasteiger partial charge in [-0.05, 0) is 61.2 Å². The molecule has 1 atom stereocenters. The lowest BCUT2D eigenvalue weighted by Crippen LogP contribution is -2.43. The van der Waals surface area contributed by atoms with Crippen molar-refractivity contribution >= 4 is 29.1 Å². The molecule has 9 heteroatoms. The molecule has 0 aliphatic rings. The van der Waals surface area contributed by atoms with E-state index in [-0.39, 0.29) is 35.9 Å². The summed E-state index contributed by atoms with van der Waals surface area (Å²) in [6.07, 6.45) is 0.00514. The third-order valence-electron chi connectivity index (χ3n) is 5.73. The van der Waals surface area contributed by atoms with Crippen molar-refractivity contribution in [1.82, 2.24) is 15.6 Å². The summed E-state index contributed by atoms with van der Waals surface area (Å²) in [5.41, 5.74) is 2.89. The number of benzene rings is 2. The number of nitrogens with one attached hydrogen (secondary N) is 2. The standard InChI is InChI=1S/C27H31Cl2N3O4/c1-27(2,31-15-25(35)22-8-9-24(34)23(16-33)32-22)13-18-5-3-4-17(10-18)11-26(36)30-14-19-6-7-20(28)12-21(19)29/h3-10,12,25,31,33-35H,11,13-16H2,1-2H3,(H,30,36). The molecule has 0 aliphatic heterocycles. The average Bonchev–Trinajstić information content (AvgIpc) is 2.82. The Labute approximate surface area is 221 Å². The van der Waals surface area contributed by atoms with Crippen LogP contribution in [0.5, 0.6) is 5.75 Å². The predicted octanol–water partition coefficient (Wildman–Crippen LogP) is 4.09. The summed E-state index contributed by atoms with van der Waals surface area (Å²) in [7, 11) is 0. The Morgan fingerprint density at radius 2 is 1.83 bits per heavy atom. The predicted molar refractivity (Wildman–Crippen MR) is 141 cm³/mol. The first-order valence-electron chi connectivity index (χ1n) is 11.6. The van der Waals surface area contributed by atoms with Crippen LogP contribution in [-0.2, 0) is 30.8 Å². The van der Waals surface area contributed by atoms with Crippen LogP contribution in [0.1, 0.15) is 48.0 Å². The van der Waals surface area contributed by atoms with Crippen molar-refractivity contribution in [2.75, 3.05) is 6.54 Å². The fourth-order valence-electron chi connectivity index (χ4n) is 3.82. The zero-order valence-electron chi connectivity index (χ0n) is 20.3. The van der Waals surface area contributed by atoms with E-state index in [4.69, 9.17) is 23.2 Å². The van der Waals surface area contributed by atoms with Crippen LogP contribution in [0.2, 0.25) is 10.0 Å². The molecule has 0 saturated heterocycles. The first-order chi connectivity index (χ1) is 17.1. The van der Waals surface area contributed by atoms with E-state index in [9.17, 15) is 20.1 Å². The Kier molecular flexibility index (Phi) is 9.70. The molecule has 7 nitrogen and oxygen atoms in total. The van der Waals surface area contributed by atoms with Crippen molar-refractivity contribution in [3.8, 4) is 5.75 Å². The number of hydrogen-bond acceptors (Lipinski definition) is 6. The summed E-state index contributed by atoms with van der Waals surface area (Å²) < 4.78 is 0. The zero-order chi connectivity index (χ0) is 26.3. The van der Waals surface area contributed by atoms with E-state index in [2.05, 4.69) is 15.6 Å². The summed E-state index contributed by atoms with van der Waals surface area (Å²) in [5, 5.41) is 36.8. The van der Waals surface area contributed by atoms with Gasteiger partial charge >= 0.3 is 0 Å². The van der Waals surface area contributed by atoms with Gasteiger partial charge in [-0.15, -0.1) is 0 Å². The molecule has 0 aliphatic carbocycles. The van der Waals surface area contributed by atoms with E-state index < -0.39 is 12.7 Å². The Morgan fingerprint density at radius 3 is 2.56 bits per heavy atom. The van der Waals surface area contributed by atoms with Crippen LogP contribution in [0.25, 0.3) is 0 Å². The van der Waals surface area contributed by atoms with Crippen LogP contribution in [0.4, 0.5) is 0 Å². The van der Waals surface area contributed by atoms with E-state index in [1.54, 1.807) is 18.2 Å². The molecular weight excluding hydrogens is 501 g/mol. The summed E-state index contributed by atoms with van der Waals surface area (Å²) >= 11 is 12.1. The van der Waals surface area contributed by atoms with Crippen LogP contribution >= 0.6 is 23.2 Å². The quantitative estimate of drug-likeness (QED) is 0.254. The van der Waals surface area contributed by atoms with Gasteiger partial charge in [-0.3, -0.25) is 4.79 Å². The number of rotatable bonds is 11. The van der Waals surface area contributed by atoms with Crippen LogP contribution in [0, 0.1) is 0 Å². The lowest BCUT2D eigenvalue weighted by Gasteiger charge is -2.28. The number of aromatic hydroxyl groups is 1. The number of β-amino-alcohol motifs (C(OH)–C–C–N with tert-alkyl or cyclic N) is 1. The molecule has 36 heavy (non-hydrogen) atoms. The molecule has 5 N–H and O–H groups in total. The van der Waals surface area contributed by atoms with Gasteiger partial charge in [0.15, 0.2) is 0 Å². The van der Waals surface area contributed by atoms with Gasteiger partial charge in [-0.25, -0.2) is 4.98 Å². The second kappa shape index (κ2) is 12.5. The second-order valence-corrected chi connectivity index (χ2v) is 10.2.